The SMILES string of the molecule is CN1CCC[C@@H](CNCc2ccc3c(c2)ncn3C)[C@@H]1c1ccnn1C. The van der Waals surface area contributed by atoms with Gasteiger partial charge in [0.1, 0.15) is 0 Å². The quantitative estimate of drug-likeness (QED) is 0.766. The fourth-order valence-electron chi connectivity index (χ4n) is 4.31. The summed E-state index contributed by atoms with van der Waals surface area (Å²) in [6.45, 7) is 3.05. The second kappa shape index (κ2) is 7.21. The molecule has 0 spiro atoms. The number of aromatic nitrogens is 4. The van der Waals surface area contributed by atoms with E-state index in [1.54, 1.807) is 0 Å². The highest BCUT2D eigenvalue weighted by molar-refractivity contribution is 5.75. The van der Waals surface area contributed by atoms with Crippen LogP contribution in [0, 0.1) is 5.92 Å². The lowest BCUT2D eigenvalue weighted by molar-refractivity contribution is 0.113. The van der Waals surface area contributed by atoms with Gasteiger partial charge in [-0.2, -0.15) is 5.10 Å². The number of hydrogen-bond acceptors (Lipinski definition) is 4. The van der Waals surface area contributed by atoms with Crippen LogP contribution in [0.5, 0.6) is 0 Å². The first-order valence-electron chi connectivity index (χ1n) is 9.42. The molecule has 0 saturated carbocycles. The molecule has 0 radical (unpaired) electrons. The van der Waals surface area contributed by atoms with Crippen LogP contribution in [0.4, 0.5) is 0 Å². The van der Waals surface area contributed by atoms with Crippen LogP contribution in [0.1, 0.15) is 30.1 Å². The molecule has 2 atom stereocenters. The minimum absolute atomic E-state index is 0.432. The number of benzene rings is 1. The molecule has 26 heavy (non-hydrogen) atoms. The molecule has 1 fully saturated rings. The van der Waals surface area contributed by atoms with E-state index in [2.05, 4.69) is 56.2 Å². The lowest BCUT2D eigenvalue weighted by atomic mass is 9.87. The predicted octanol–water partition coefficient (Wildman–Crippen LogP) is 2.48. The number of piperidine rings is 1. The first kappa shape index (κ1) is 17.2. The molecule has 138 valence electrons. The molecular formula is C20H28N6. The zero-order chi connectivity index (χ0) is 18.1. The van der Waals surface area contributed by atoms with Crippen LogP contribution in [0.25, 0.3) is 11.0 Å². The van der Waals surface area contributed by atoms with E-state index in [0.717, 1.165) is 25.2 Å². The zero-order valence-electron chi connectivity index (χ0n) is 15.9. The average molecular weight is 352 g/mol. The summed E-state index contributed by atoms with van der Waals surface area (Å²) in [5, 5.41) is 8.06. The van der Waals surface area contributed by atoms with Gasteiger partial charge in [0, 0.05) is 33.4 Å². The third-order valence-corrected chi connectivity index (χ3v) is 5.69. The largest absolute Gasteiger partial charge is 0.334 e. The van der Waals surface area contributed by atoms with Crippen LogP contribution in [-0.2, 0) is 20.6 Å². The number of imidazole rings is 1. The first-order chi connectivity index (χ1) is 12.6. The van der Waals surface area contributed by atoms with Gasteiger partial charge in [-0.15, -0.1) is 0 Å². The Hall–Kier alpha value is -2.18. The summed E-state index contributed by atoms with van der Waals surface area (Å²) < 4.78 is 4.08. The minimum atomic E-state index is 0.432. The van der Waals surface area contributed by atoms with Crippen molar-refractivity contribution in [2.45, 2.75) is 25.4 Å². The van der Waals surface area contributed by atoms with E-state index in [9.17, 15) is 0 Å². The smallest absolute Gasteiger partial charge is 0.0955 e. The van der Waals surface area contributed by atoms with E-state index >= 15 is 0 Å². The van der Waals surface area contributed by atoms with Crippen LogP contribution in [0.2, 0.25) is 0 Å². The predicted molar refractivity (Wildman–Crippen MR) is 104 cm³/mol. The van der Waals surface area contributed by atoms with Gasteiger partial charge in [0.25, 0.3) is 0 Å². The van der Waals surface area contributed by atoms with E-state index in [0.29, 0.717) is 12.0 Å². The molecule has 4 rings (SSSR count). The molecule has 0 unspecified atom stereocenters. The molecule has 1 aromatic carbocycles. The third-order valence-electron chi connectivity index (χ3n) is 5.69. The Morgan fingerprint density at radius 3 is 2.88 bits per heavy atom. The number of nitrogens with zero attached hydrogens (tertiary/aromatic N) is 5. The average Bonchev–Trinajstić information content (AvgIpc) is 3.21. The molecule has 3 heterocycles. The normalized spacial score (nSPS) is 21.5. The first-order valence-corrected chi connectivity index (χ1v) is 9.42. The Balaban J connectivity index is 1.42. The second-order valence-electron chi connectivity index (χ2n) is 7.52. The number of aryl methyl sites for hydroxylation is 2. The Morgan fingerprint density at radius 2 is 2.08 bits per heavy atom. The molecule has 1 aliphatic heterocycles. The summed E-state index contributed by atoms with van der Waals surface area (Å²) in [4.78, 5) is 6.94. The highest BCUT2D eigenvalue weighted by atomic mass is 15.3. The highest BCUT2D eigenvalue weighted by Crippen LogP contribution is 2.34. The van der Waals surface area contributed by atoms with Crippen molar-refractivity contribution in [1.29, 1.82) is 0 Å². The van der Waals surface area contributed by atoms with Crippen molar-refractivity contribution in [3.05, 3.63) is 48.0 Å². The van der Waals surface area contributed by atoms with Gasteiger partial charge in [0.15, 0.2) is 0 Å². The lowest BCUT2D eigenvalue weighted by Gasteiger charge is -2.39. The van der Waals surface area contributed by atoms with Crippen LogP contribution in [-0.4, -0.2) is 44.4 Å². The van der Waals surface area contributed by atoms with Gasteiger partial charge in [0.05, 0.1) is 29.1 Å². The maximum absolute atomic E-state index is 4.46. The van der Waals surface area contributed by atoms with Gasteiger partial charge in [-0.1, -0.05) is 6.07 Å². The summed E-state index contributed by atoms with van der Waals surface area (Å²) in [7, 11) is 6.31. The second-order valence-corrected chi connectivity index (χ2v) is 7.52. The molecule has 1 N–H and O–H groups in total. The summed E-state index contributed by atoms with van der Waals surface area (Å²) in [6.07, 6.45) is 6.30. The van der Waals surface area contributed by atoms with Crippen LogP contribution < -0.4 is 5.32 Å². The number of nitrogens with one attached hydrogen (secondary N) is 1. The van der Waals surface area contributed by atoms with E-state index in [-0.39, 0.29) is 0 Å². The number of rotatable bonds is 5. The maximum Gasteiger partial charge on any atom is 0.0955 e. The van der Waals surface area contributed by atoms with Crippen molar-refractivity contribution in [2.75, 3.05) is 20.1 Å². The van der Waals surface area contributed by atoms with Crippen molar-refractivity contribution in [3.8, 4) is 0 Å². The molecule has 0 bridgehead atoms. The molecule has 0 aliphatic carbocycles. The lowest BCUT2D eigenvalue weighted by Crippen LogP contribution is -2.41. The number of hydrogen-bond donors (Lipinski definition) is 1. The molecule has 2 aromatic heterocycles. The molecule has 6 nitrogen and oxygen atoms in total. The molecule has 1 saturated heterocycles. The standard InChI is InChI=1S/C20H28N6/c1-24-10-4-5-16(20(24)19-8-9-23-26(19)3)13-21-12-15-6-7-18-17(11-15)22-14-25(18)2/h6-9,11,14,16,20-21H,4-5,10,12-13H2,1-3H3/t16-,20+/m0/s1. The van der Waals surface area contributed by atoms with E-state index in [1.165, 1.54) is 29.6 Å². The van der Waals surface area contributed by atoms with Gasteiger partial charge in [0.2, 0.25) is 0 Å². The molecule has 6 heteroatoms. The van der Waals surface area contributed by atoms with Gasteiger partial charge < -0.3 is 9.88 Å². The summed E-state index contributed by atoms with van der Waals surface area (Å²) in [6, 6.07) is 9.14. The van der Waals surface area contributed by atoms with E-state index < -0.39 is 0 Å². The number of likely N-dealkylation sites (tertiary alicyclic amines) is 1. The monoisotopic (exact) mass is 352 g/mol. The van der Waals surface area contributed by atoms with Crippen molar-refractivity contribution in [1.82, 2.24) is 29.5 Å². The van der Waals surface area contributed by atoms with Crippen LogP contribution >= 0.6 is 0 Å². The van der Waals surface area contributed by atoms with Gasteiger partial charge >= 0.3 is 0 Å². The molecular weight excluding hydrogens is 324 g/mol. The molecule has 0 amide bonds. The Bertz CT molecular complexity index is 879. The summed E-state index contributed by atoms with van der Waals surface area (Å²) >= 11 is 0. The summed E-state index contributed by atoms with van der Waals surface area (Å²) in [5.74, 6) is 0.600. The minimum Gasteiger partial charge on any atom is -0.334 e. The Labute approximate surface area is 154 Å². The fourth-order valence-corrected chi connectivity index (χ4v) is 4.31. The van der Waals surface area contributed by atoms with Gasteiger partial charge in [-0.25, -0.2) is 4.98 Å². The van der Waals surface area contributed by atoms with Crippen molar-refractivity contribution < 1.29 is 0 Å². The third kappa shape index (κ3) is 3.27. The zero-order valence-corrected chi connectivity index (χ0v) is 15.9. The Morgan fingerprint density at radius 1 is 1.19 bits per heavy atom. The van der Waals surface area contributed by atoms with Crippen LogP contribution in [0.15, 0.2) is 36.8 Å². The Kier molecular flexibility index (Phi) is 4.78. The van der Waals surface area contributed by atoms with Crippen molar-refractivity contribution >= 4 is 11.0 Å². The highest BCUT2D eigenvalue weighted by Gasteiger charge is 2.31. The van der Waals surface area contributed by atoms with E-state index in [4.69, 9.17) is 0 Å². The fraction of sp³-hybridized carbons (Fsp3) is 0.500. The van der Waals surface area contributed by atoms with Gasteiger partial charge in [-0.05, 0) is 56.1 Å². The van der Waals surface area contributed by atoms with E-state index in [1.807, 2.05) is 31.3 Å². The van der Waals surface area contributed by atoms with Gasteiger partial charge in [-0.3, -0.25) is 9.58 Å². The molecule has 1 aliphatic rings. The number of fused-ring (bicyclic) bond motifs is 1. The topological polar surface area (TPSA) is 50.9 Å². The van der Waals surface area contributed by atoms with Crippen molar-refractivity contribution in [2.24, 2.45) is 20.0 Å². The summed E-state index contributed by atoms with van der Waals surface area (Å²) in [5.41, 5.74) is 4.85. The molecule has 3 aromatic rings. The maximum atomic E-state index is 4.46. The van der Waals surface area contributed by atoms with Crippen molar-refractivity contribution in [3.63, 3.8) is 0 Å². The van der Waals surface area contributed by atoms with Crippen LogP contribution in [0.3, 0.4) is 0 Å².